The smallest absolute Gasteiger partial charge is 0.222 e. The van der Waals surface area contributed by atoms with E-state index in [0.29, 0.717) is 24.3 Å². The Balaban J connectivity index is 1.31. The van der Waals surface area contributed by atoms with Gasteiger partial charge in [0.25, 0.3) is 0 Å². The zero-order valence-electron chi connectivity index (χ0n) is 17.9. The molecule has 1 amide bonds. The largest absolute Gasteiger partial charge is 0.497 e. The van der Waals surface area contributed by atoms with Gasteiger partial charge in [0, 0.05) is 38.6 Å². The maximum atomic E-state index is 12.7. The van der Waals surface area contributed by atoms with E-state index in [2.05, 4.69) is 58.4 Å². The summed E-state index contributed by atoms with van der Waals surface area (Å²) < 4.78 is 5.24. The van der Waals surface area contributed by atoms with E-state index in [9.17, 15) is 4.79 Å². The van der Waals surface area contributed by atoms with E-state index in [1.165, 1.54) is 11.1 Å². The Labute approximate surface area is 180 Å². The fourth-order valence-electron chi connectivity index (χ4n) is 4.83. The molecule has 0 unspecified atom stereocenters. The minimum absolute atomic E-state index is 0.335. The third kappa shape index (κ3) is 5.11. The summed E-state index contributed by atoms with van der Waals surface area (Å²) in [6.45, 7) is 3.96. The van der Waals surface area contributed by atoms with Gasteiger partial charge >= 0.3 is 0 Å². The topological polar surface area (TPSA) is 32.8 Å². The first-order valence-electron chi connectivity index (χ1n) is 11.1. The number of nitrogens with zero attached hydrogens (tertiary/aromatic N) is 2. The Bertz CT molecular complexity index is 847. The van der Waals surface area contributed by atoms with Crippen LogP contribution in [0, 0.1) is 5.92 Å². The van der Waals surface area contributed by atoms with Crippen molar-refractivity contribution < 1.29 is 9.53 Å². The molecular weight excluding hydrogens is 372 g/mol. The highest BCUT2D eigenvalue weighted by Gasteiger charge is 2.38. The first kappa shape index (κ1) is 20.7. The molecule has 0 N–H and O–H groups in total. The van der Waals surface area contributed by atoms with Crippen molar-refractivity contribution in [1.29, 1.82) is 0 Å². The maximum Gasteiger partial charge on any atom is 0.222 e. The number of hydrogen-bond acceptors (Lipinski definition) is 3. The summed E-state index contributed by atoms with van der Waals surface area (Å²) in [5, 5.41) is 0. The SMILES string of the molecule is COc1ccc(CCN2C(=O)CC[C@@H]3CN(CC=Cc4ccccc4)CC[C@@H]32)cc1. The summed E-state index contributed by atoms with van der Waals surface area (Å²) in [6.07, 6.45) is 8.18. The number of hydrogen-bond donors (Lipinski definition) is 0. The van der Waals surface area contributed by atoms with Crippen molar-refractivity contribution in [1.82, 2.24) is 9.80 Å². The molecule has 2 heterocycles. The number of rotatable bonds is 7. The number of amides is 1. The Morgan fingerprint density at radius 2 is 1.87 bits per heavy atom. The Morgan fingerprint density at radius 3 is 2.63 bits per heavy atom. The van der Waals surface area contributed by atoms with Crippen LogP contribution in [0.25, 0.3) is 6.08 Å². The second kappa shape index (κ2) is 9.94. The van der Waals surface area contributed by atoms with E-state index >= 15 is 0 Å². The Kier molecular flexibility index (Phi) is 6.85. The molecule has 2 atom stereocenters. The van der Waals surface area contributed by atoms with E-state index < -0.39 is 0 Å². The van der Waals surface area contributed by atoms with E-state index in [0.717, 1.165) is 51.2 Å². The zero-order valence-corrected chi connectivity index (χ0v) is 17.9. The van der Waals surface area contributed by atoms with Crippen LogP contribution in [0.4, 0.5) is 0 Å². The van der Waals surface area contributed by atoms with Gasteiger partial charge in [-0.25, -0.2) is 0 Å². The summed E-state index contributed by atoms with van der Waals surface area (Å²) in [4.78, 5) is 17.4. The van der Waals surface area contributed by atoms with Gasteiger partial charge < -0.3 is 9.64 Å². The van der Waals surface area contributed by atoms with Crippen molar-refractivity contribution in [2.75, 3.05) is 33.3 Å². The molecule has 0 bridgehead atoms. The lowest BCUT2D eigenvalue weighted by molar-refractivity contribution is -0.140. The minimum Gasteiger partial charge on any atom is -0.497 e. The van der Waals surface area contributed by atoms with E-state index in [4.69, 9.17) is 4.74 Å². The predicted molar refractivity (Wildman–Crippen MR) is 121 cm³/mol. The lowest BCUT2D eigenvalue weighted by Gasteiger charge is -2.47. The van der Waals surface area contributed by atoms with E-state index in [-0.39, 0.29) is 0 Å². The molecule has 2 aliphatic rings. The zero-order chi connectivity index (χ0) is 20.8. The quantitative estimate of drug-likeness (QED) is 0.691. The molecule has 0 spiro atoms. The van der Waals surface area contributed by atoms with Crippen LogP contribution in [0.3, 0.4) is 0 Å². The van der Waals surface area contributed by atoms with Crippen molar-refractivity contribution in [2.45, 2.75) is 31.7 Å². The number of benzene rings is 2. The molecule has 158 valence electrons. The minimum atomic E-state index is 0.335. The number of fused-ring (bicyclic) bond motifs is 1. The third-order valence-corrected chi connectivity index (χ3v) is 6.50. The highest BCUT2D eigenvalue weighted by Crippen LogP contribution is 2.31. The van der Waals surface area contributed by atoms with Gasteiger partial charge in [0.2, 0.25) is 5.91 Å². The van der Waals surface area contributed by atoms with Crippen LogP contribution in [0.2, 0.25) is 0 Å². The molecule has 4 heteroatoms. The lowest BCUT2D eigenvalue weighted by Crippen LogP contribution is -2.56. The molecule has 2 aliphatic heterocycles. The average molecular weight is 405 g/mol. The highest BCUT2D eigenvalue weighted by molar-refractivity contribution is 5.77. The molecule has 4 nitrogen and oxygen atoms in total. The van der Waals surface area contributed by atoms with Crippen LogP contribution >= 0.6 is 0 Å². The van der Waals surface area contributed by atoms with Crippen molar-refractivity contribution in [2.24, 2.45) is 5.92 Å². The van der Waals surface area contributed by atoms with Gasteiger partial charge in [0.15, 0.2) is 0 Å². The standard InChI is InChI=1S/C26H32N2O2/c1-30-24-12-9-22(10-13-24)15-19-28-25-16-18-27(20-23(25)11-14-26(28)29)17-5-8-21-6-3-2-4-7-21/h2-10,12-13,23,25H,11,14-20H2,1H3/t23-,25+/m1/s1. The summed E-state index contributed by atoms with van der Waals surface area (Å²) in [5.74, 6) is 1.81. The first-order chi connectivity index (χ1) is 14.7. The number of ether oxygens (including phenoxy) is 1. The molecule has 2 aromatic carbocycles. The first-order valence-corrected chi connectivity index (χ1v) is 11.1. The van der Waals surface area contributed by atoms with Crippen molar-refractivity contribution in [3.63, 3.8) is 0 Å². The maximum absolute atomic E-state index is 12.7. The van der Waals surface area contributed by atoms with E-state index in [1.807, 2.05) is 18.2 Å². The molecule has 30 heavy (non-hydrogen) atoms. The summed E-state index contributed by atoms with van der Waals surface area (Å²) in [5.41, 5.74) is 2.51. The summed E-state index contributed by atoms with van der Waals surface area (Å²) >= 11 is 0. The third-order valence-electron chi connectivity index (χ3n) is 6.50. The number of carbonyl (C=O) groups is 1. The lowest BCUT2D eigenvalue weighted by atomic mass is 9.83. The molecule has 2 fully saturated rings. The van der Waals surface area contributed by atoms with Gasteiger partial charge in [-0.05, 0) is 48.4 Å². The summed E-state index contributed by atoms with van der Waals surface area (Å²) in [7, 11) is 1.69. The van der Waals surface area contributed by atoms with Gasteiger partial charge in [0.05, 0.1) is 7.11 Å². The molecule has 0 saturated carbocycles. The molecule has 0 aromatic heterocycles. The van der Waals surface area contributed by atoms with Crippen LogP contribution in [0.1, 0.15) is 30.4 Å². The van der Waals surface area contributed by atoms with Crippen LogP contribution in [-0.2, 0) is 11.2 Å². The molecule has 2 saturated heterocycles. The highest BCUT2D eigenvalue weighted by atomic mass is 16.5. The normalized spacial score (nSPS) is 22.3. The van der Waals surface area contributed by atoms with E-state index in [1.54, 1.807) is 7.11 Å². The fraction of sp³-hybridized carbons (Fsp3) is 0.423. The van der Waals surface area contributed by atoms with Gasteiger partial charge in [-0.15, -0.1) is 0 Å². The molecule has 4 rings (SSSR count). The molecular formula is C26H32N2O2. The number of likely N-dealkylation sites (tertiary alicyclic amines) is 2. The number of piperidine rings is 2. The fourth-order valence-corrected chi connectivity index (χ4v) is 4.83. The van der Waals surface area contributed by atoms with Gasteiger partial charge in [-0.3, -0.25) is 9.69 Å². The Morgan fingerprint density at radius 1 is 1.07 bits per heavy atom. The van der Waals surface area contributed by atoms with Gasteiger partial charge in [-0.1, -0.05) is 54.6 Å². The van der Waals surface area contributed by atoms with Gasteiger partial charge in [0.1, 0.15) is 5.75 Å². The summed E-state index contributed by atoms with van der Waals surface area (Å²) in [6, 6.07) is 19.1. The monoisotopic (exact) mass is 404 g/mol. The van der Waals surface area contributed by atoms with Gasteiger partial charge in [-0.2, -0.15) is 0 Å². The molecule has 0 radical (unpaired) electrons. The predicted octanol–water partition coefficient (Wildman–Crippen LogP) is 4.26. The van der Waals surface area contributed by atoms with Crippen molar-refractivity contribution in [3.8, 4) is 5.75 Å². The van der Waals surface area contributed by atoms with Crippen LogP contribution in [0.15, 0.2) is 60.7 Å². The van der Waals surface area contributed by atoms with Crippen LogP contribution in [0.5, 0.6) is 5.75 Å². The molecule has 0 aliphatic carbocycles. The van der Waals surface area contributed by atoms with Crippen molar-refractivity contribution in [3.05, 3.63) is 71.8 Å². The second-order valence-electron chi connectivity index (χ2n) is 8.41. The molecule has 2 aromatic rings. The number of carbonyl (C=O) groups excluding carboxylic acids is 1. The second-order valence-corrected chi connectivity index (χ2v) is 8.41. The van der Waals surface area contributed by atoms with Crippen molar-refractivity contribution >= 4 is 12.0 Å². The van der Waals surface area contributed by atoms with Crippen LogP contribution < -0.4 is 4.74 Å². The average Bonchev–Trinajstić information content (AvgIpc) is 2.79. The Hall–Kier alpha value is -2.59. The van der Waals surface area contributed by atoms with Crippen LogP contribution in [-0.4, -0.2) is 55.0 Å². The number of methoxy groups -OCH3 is 1.